The van der Waals surface area contributed by atoms with E-state index in [0.29, 0.717) is 0 Å². The summed E-state index contributed by atoms with van der Waals surface area (Å²) in [6.45, 7) is 3.82. The smallest absolute Gasteiger partial charge is 0.0359 e. The van der Waals surface area contributed by atoms with Gasteiger partial charge in [-0.3, -0.25) is 0 Å². The van der Waals surface area contributed by atoms with Crippen LogP contribution in [0, 0.1) is 6.92 Å². The van der Waals surface area contributed by atoms with Crippen LogP contribution in [0.2, 0.25) is 0 Å². The van der Waals surface area contributed by atoms with Gasteiger partial charge < -0.3 is 11.1 Å². The largest absolute Gasteiger partial charge is 0.398 e. The minimum atomic E-state index is 0.825. The number of nitrogens with two attached hydrogens (primary N) is 1. The van der Waals surface area contributed by atoms with Gasteiger partial charge in [0.2, 0.25) is 0 Å². The maximum absolute atomic E-state index is 5.91. The first-order chi connectivity index (χ1) is 7.75. The van der Waals surface area contributed by atoms with Crippen molar-refractivity contribution in [2.75, 3.05) is 5.73 Å². The van der Waals surface area contributed by atoms with E-state index in [0.717, 1.165) is 18.8 Å². The van der Waals surface area contributed by atoms with E-state index in [9.17, 15) is 0 Å². The highest BCUT2D eigenvalue weighted by molar-refractivity contribution is 7.09. The predicted octanol–water partition coefficient (Wildman–Crippen LogP) is 2.93. The van der Waals surface area contributed by atoms with Gasteiger partial charge in [0.1, 0.15) is 0 Å². The molecule has 0 fully saturated rings. The molecule has 0 bridgehead atoms. The lowest BCUT2D eigenvalue weighted by Crippen LogP contribution is -2.13. The van der Waals surface area contributed by atoms with E-state index in [1.807, 2.05) is 12.1 Å². The molecule has 2 aromatic rings. The summed E-state index contributed by atoms with van der Waals surface area (Å²) in [5.74, 6) is 0. The highest BCUT2D eigenvalue weighted by Gasteiger charge is 1.99. The summed E-state index contributed by atoms with van der Waals surface area (Å²) in [4.78, 5) is 1.35. The zero-order chi connectivity index (χ0) is 11.4. The summed E-state index contributed by atoms with van der Waals surface area (Å²) in [6.07, 6.45) is 0. The minimum Gasteiger partial charge on any atom is -0.398 e. The molecule has 0 saturated heterocycles. The molecule has 0 spiro atoms. The van der Waals surface area contributed by atoms with Crippen LogP contribution in [0.4, 0.5) is 5.69 Å². The van der Waals surface area contributed by atoms with Gasteiger partial charge in [-0.15, -0.1) is 11.3 Å². The third-order valence-corrected chi connectivity index (χ3v) is 3.37. The first-order valence-electron chi connectivity index (χ1n) is 5.34. The predicted molar refractivity (Wildman–Crippen MR) is 70.5 cm³/mol. The van der Waals surface area contributed by atoms with E-state index in [1.54, 1.807) is 11.3 Å². The van der Waals surface area contributed by atoms with Crippen molar-refractivity contribution in [3.8, 4) is 0 Å². The molecule has 0 aliphatic rings. The van der Waals surface area contributed by atoms with Crippen molar-refractivity contribution in [2.45, 2.75) is 20.0 Å². The Bertz CT molecular complexity index is 449. The Hall–Kier alpha value is -1.32. The fourth-order valence-electron chi connectivity index (χ4n) is 1.62. The molecule has 0 radical (unpaired) electrons. The number of nitrogens with one attached hydrogen (secondary N) is 1. The van der Waals surface area contributed by atoms with E-state index in [-0.39, 0.29) is 0 Å². The third kappa shape index (κ3) is 2.84. The van der Waals surface area contributed by atoms with Crippen molar-refractivity contribution in [3.63, 3.8) is 0 Å². The fraction of sp³-hybridized carbons (Fsp3) is 0.231. The van der Waals surface area contributed by atoms with Gasteiger partial charge in [-0.2, -0.15) is 0 Å². The van der Waals surface area contributed by atoms with Crippen LogP contribution in [-0.4, -0.2) is 0 Å². The number of aryl methyl sites for hydroxylation is 1. The lowest BCUT2D eigenvalue weighted by atomic mass is 10.1. The van der Waals surface area contributed by atoms with Gasteiger partial charge in [0, 0.05) is 23.7 Å². The molecule has 16 heavy (non-hydrogen) atoms. The van der Waals surface area contributed by atoms with Gasteiger partial charge in [0.15, 0.2) is 0 Å². The number of anilines is 1. The van der Waals surface area contributed by atoms with Gasteiger partial charge in [0.05, 0.1) is 0 Å². The monoisotopic (exact) mass is 232 g/mol. The number of hydrogen-bond donors (Lipinski definition) is 2. The van der Waals surface area contributed by atoms with Crippen LogP contribution in [0.25, 0.3) is 0 Å². The van der Waals surface area contributed by atoms with Crippen LogP contribution in [0.15, 0.2) is 35.7 Å². The van der Waals surface area contributed by atoms with Crippen LogP contribution in [0.5, 0.6) is 0 Å². The molecule has 3 heteroatoms. The molecule has 1 aromatic carbocycles. The molecule has 2 rings (SSSR count). The molecule has 0 saturated carbocycles. The molecular formula is C13H16N2S. The minimum absolute atomic E-state index is 0.825. The van der Waals surface area contributed by atoms with Crippen LogP contribution in [0.1, 0.15) is 16.0 Å². The number of rotatable bonds is 4. The molecule has 3 N–H and O–H groups in total. The van der Waals surface area contributed by atoms with Crippen molar-refractivity contribution in [1.82, 2.24) is 5.32 Å². The molecule has 1 aromatic heterocycles. The summed E-state index contributed by atoms with van der Waals surface area (Å²) >= 11 is 1.77. The van der Waals surface area contributed by atoms with Gasteiger partial charge in [-0.25, -0.2) is 0 Å². The highest BCUT2D eigenvalue weighted by atomic mass is 32.1. The second-order valence-corrected chi connectivity index (χ2v) is 4.92. The second kappa shape index (κ2) is 5.14. The Morgan fingerprint density at radius 1 is 1.25 bits per heavy atom. The van der Waals surface area contributed by atoms with E-state index >= 15 is 0 Å². The Morgan fingerprint density at radius 3 is 2.88 bits per heavy atom. The first-order valence-corrected chi connectivity index (χ1v) is 6.22. The zero-order valence-corrected chi connectivity index (χ0v) is 10.2. The molecule has 0 atom stereocenters. The van der Waals surface area contributed by atoms with Crippen LogP contribution >= 0.6 is 11.3 Å². The average Bonchev–Trinajstić information content (AvgIpc) is 2.76. The van der Waals surface area contributed by atoms with Crippen LogP contribution < -0.4 is 11.1 Å². The maximum atomic E-state index is 5.91. The summed E-state index contributed by atoms with van der Waals surface area (Å²) in [6, 6.07) is 10.4. The molecular weight excluding hydrogens is 216 g/mol. The van der Waals surface area contributed by atoms with E-state index < -0.39 is 0 Å². The molecule has 0 amide bonds. The number of nitrogen functional groups attached to an aromatic ring is 1. The fourth-order valence-corrected chi connectivity index (χ4v) is 2.30. The highest BCUT2D eigenvalue weighted by Crippen LogP contribution is 2.14. The van der Waals surface area contributed by atoms with Gasteiger partial charge in [-0.05, 0) is 30.0 Å². The summed E-state index contributed by atoms with van der Waals surface area (Å²) in [7, 11) is 0. The van der Waals surface area contributed by atoms with Crippen molar-refractivity contribution in [1.29, 1.82) is 0 Å². The summed E-state index contributed by atoms with van der Waals surface area (Å²) in [5.41, 5.74) is 9.21. The number of benzene rings is 1. The van der Waals surface area contributed by atoms with E-state index in [2.05, 4.69) is 35.8 Å². The zero-order valence-electron chi connectivity index (χ0n) is 9.36. The summed E-state index contributed by atoms with van der Waals surface area (Å²) < 4.78 is 0. The maximum Gasteiger partial charge on any atom is 0.0359 e. The first kappa shape index (κ1) is 11.2. The number of thiophene rings is 1. The van der Waals surface area contributed by atoms with Gasteiger partial charge in [-0.1, -0.05) is 23.8 Å². The molecule has 84 valence electrons. The lowest BCUT2D eigenvalue weighted by molar-refractivity contribution is 0.702. The standard InChI is InChI=1S/C13H16N2S/c1-10-4-5-13(14)11(7-10)8-15-9-12-3-2-6-16-12/h2-7,15H,8-9,14H2,1H3. The lowest BCUT2D eigenvalue weighted by Gasteiger charge is -2.07. The molecule has 0 aliphatic carbocycles. The molecule has 2 nitrogen and oxygen atoms in total. The van der Waals surface area contributed by atoms with Crippen molar-refractivity contribution < 1.29 is 0 Å². The quantitative estimate of drug-likeness (QED) is 0.795. The topological polar surface area (TPSA) is 38.0 Å². The number of hydrogen-bond acceptors (Lipinski definition) is 3. The Labute approximate surface area is 100 Å². The molecule has 0 aliphatic heterocycles. The Balaban J connectivity index is 1.92. The van der Waals surface area contributed by atoms with Gasteiger partial charge >= 0.3 is 0 Å². The van der Waals surface area contributed by atoms with Crippen molar-refractivity contribution >= 4 is 17.0 Å². The molecule has 0 unspecified atom stereocenters. The Morgan fingerprint density at radius 2 is 2.12 bits per heavy atom. The SMILES string of the molecule is Cc1ccc(N)c(CNCc2cccs2)c1. The Kier molecular flexibility index (Phi) is 3.59. The molecule has 1 heterocycles. The third-order valence-electron chi connectivity index (χ3n) is 2.49. The van der Waals surface area contributed by atoms with E-state index in [1.165, 1.54) is 16.0 Å². The normalized spacial score (nSPS) is 10.6. The second-order valence-electron chi connectivity index (χ2n) is 3.89. The summed E-state index contributed by atoms with van der Waals surface area (Å²) in [5, 5.41) is 5.50. The van der Waals surface area contributed by atoms with Gasteiger partial charge in [0.25, 0.3) is 0 Å². The van der Waals surface area contributed by atoms with Crippen molar-refractivity contribution in [2.24, 2.45) is 0 Å². The van der Waals surface area contributed by atoms with E-state index in [4.69, 9.17) is 5.73 Å². The van der Waals surface area contributed by atoms with Crippen molar-refractivity contribution in [3.05, 3.63) is 51.7 Å². The van der Waals surface area contributed by atoms with Crippen LogP contribution in [-0.2, 0) is 13.1 Å². The van der Waals surface area contributed by atoms with Crippen LogP contribution in [0.3, 0.4) is 0 Å². The average molecular weight is 232 g/mol.